The van der Waals surface area contributed by atoms with Crippen molar-refractivity contribution in [2.24, 2.45) is 0 Å². The maximum absolute atomic E-state index is 12.3. The lowest BCUT2D eigenvalue weighted by molar-refractivity contribution is 0.0872. The van der Waals surface area contributed by atoms with Crippen LogP contribution >= 0.6 is 11.6 Å². The number of nitrogens with zero attached hydrogens (tertiary/aromatic N) is 2. The second kappa shape index (κ2) is 7.40. The predicted octanol–water partition coefficient (Wildman–Crippen LogP) is 2.40. The van der Waals surface area contributed by atoms with Crippen molar-refractivity contribution in [3.8, 4) is 5.88 Å². The minimum atomic E-state index is -2.37. The van der Waals surface area contributed by atoms with Crippen molar-refractivity contribution in [3.05, 3.63) is 23.9 Å². The Labute approximate surface area is 104 Å². The number of methoxy groups -OCH3 is 1. The number of pyridine rings is 1. The SMILES string of the molecule is COc1cccc(CN(CCCl)CC(F)F)n1. The average Bonchev–Trinajstić information content (AvgIpc) is 2.29. The van der Waals surface area contributed by atoms with Crippen LogP contribution in [0.2, 0.25) is 0 Å². The summed E-state index contributed by atoms with van der Waals surface area (Å²) in [7, 11) is 1.52. The highest BCUT2D eigenvalue weighted by atomic mass is 35.5. The highest BCUT2D eigenvalue weighted by Crippen LogP contribution is 2.10. The summed E-state index contributed by atoms with van der Waals surface area (Å²) >= 11 is 5.57. The van der Waals surface area contributed by atoms with E-state index in [1.807, 2.05) is 0 Å². The van der Waals surface area contributed by atoms with E-state index in [2.05, 4.69) is 4.98 Å². The lowest BCUT2D eigenvalue weighted by Crippen LogP contribution is -2.30. The number of aromatic nitrogens is 1. The Hall–Kier alpha value is -0.940. The topological polar surface area (TPSA) is 25.4 Å². The van der Waals surface area contributed by atoms with Gasteiger partial charge in [-0.25, -0.2) is 13.8 Å². The van der Waals surface area contributed by atoms with E-state index in [1.54, 1.807) is 23.1 Å². The van der Waals surface area contributed by atoms with Gasteiger partial charge in [0, 0.05) is 25.0 Å². The first-order valence-electron chi connectivity index (χ1n) is 5.22. The minimum Gasteiger partial charge on any atom is -0.481 e. The summed E-state index contributed by atoms with van der Waals surface area (Å²) in [6.07, 6.45) is -2.37. The van der Waals surface area contributed by atoms with Crippen LogP contribution in [0.3, 0.4) is 0 Å². The fraction of sp³-hybridized carbons (Fsp3) is 0.545. The molecule has 0 amide bonds. The molecule has 1 aromatic heterocycles. The van der Waals surface area contributed by atoms with Crippen molar-refractivity contribution < 1.29 is 13.5 Å². The van der Waals surface area contributed by atoms with E-state index in [-0.39, 0.29) is 6.54 Å². The van der Waals surface area contributed by atoms with E-state index in [4.69, 9.17) is 16.3 Å². The lowest BCUT2D eigenvalue weighted by atomic mass is 10.3. The van der Waals surface area contributed by atoms with Crippen molar-refractivity contribution in [1.82, 2.24) is 9.88 Å². The molecule has 0 unspecified atom stereocenters. The van der Waals surface area contributed by atoms with Crippen LogP contribution in [0.15, 0.2) is 18.2 Å². The summed E-state index contributed by atoms with van der Waals surface area (Å²) in [5, 5.41) is 0. The molecule has 6 heteroatoms. The highest BCUT2D eigenvalue weighted by Gasteiger charge is 2.12. The van der Waals surface area contributed by atoms with Gasteiger partial charge in [-0.05, 0) is 6.07 Å². The molecule has 0 aliphatic carbocycles. The predicted molar refractivity (Wildman–Crippen MR) is 62.8 cm³/mol. The van der Waals surface area contributed by atoms with Gasteiger partial charge in [-0.15, -0.1) is 11.6 Å². The molecule has 0 spiro atoms. The maximum atomic E-state index is 12.3. The first-order chi connectivity index (χ1) is 8.15. The normalized spacial score (nSPS) is 11.2. The van der Waals surface area contributed by atoms with Crippen molar-refractivity contribution >= 4 is 11.6 Å². The number of hydrogen-bond donors (Lipinski definition) is 0. The van der Waals surface area contributed by atoms with E-state index < -0.39 is 6.43 Å². The third kappa shape index (κ3) is 5.28. The molecule has 0 aromatic carbocycles. The number of halogens is 3. The first-order valence-corrected chi connectivity index (χ1v) is 5.75. The Kier molecular flexibility index (Phi) is 6.15. The first kappa shape index (κ1) is 14.1. The summed E-state index contributed by atoms with van der Waals surface area (Å²) in [6, 6.07) is 5.26. The molecular formula is C11H15ClF2N2O. The summed E-state index contributed by atoms with van der Waals surface area (Å²) in [6.45, 7) is 0.449. The quantitative estimate of drug-likeness (QED) is 0.707. The largest absolute Gasteiger partial charge is 0.481 e. The molecule has 1 heterocycles. The van der Waals surface area contributed by atoms with Crippen molar-refractivity contribution in [3.63, 3.8) is 0 Å². The Balaban J connectivity index is 2.64. The summed E-state index contributed by atoms with van der Waals surface area (Å²) in [4.78, 5) is 5.74. The minimum absolute atomic E-state index is 0.300. The standard InChI is InChI=1S/C11H15ClF2N2O/c1-17-11-4-2-3-9(15-11)7-16(6-5-12)8-10(13)14/h2-4,10H,5-8H2,1H3. The van der Waals surface area contributed by atoms with Crippen molar-refractivity contribution in [1.29, 1.82) is 0 Å². The summed E-state index contributed by atoms with van der Waals surface area (Å²) in [5.41, 5.74) is 0.690. The van der Waals surface area contributed by atoms with Crippen LogP contribution < -0.4 is 4.74 Å². The van der Waals surface area contributed by atoms with Gasteiger partial charge in [-0.3, -0.25) is 4.90 Å². The monoisotopic (exact) mass is 264 g/mol. The van der Waals surface area contributed by atoms with Gasteiger partial charge < -0.3 is 4.74 Å². The second-order valence-electron chi connectivity index (χ2n) is 3.49. The number of rotatable bonds is 7. The molecule has 0 radical (unpaired) electrons. The Morgan fingerprint density at radius 3 is 2.82 bits per heavy atom. The molecule has 17 heavy (non-hydrogen) atoms. The molecule has 0 saturated heterocycles. The molecule has 0 aliphatic rings. The Morgan fingerprint density at radius 1 is 1.47 bits per heavy atom. The second-order valence-corrected chi connectivity index (χ2v) is 3.86. The van der Waals surface area contributed by atoms with Crippen LogP contribution in [0.25, 0.3) is 0 Å². The van der Waals surface area contributed by atoms with Crippen LogP contribution in [0.1, 0.15) is 5.69 Å². The van der Waals surface area contributed by atoms with Crippen LogP contribution in [0.5, 0.6) is 5.88 Å². The number of ether oxygens (including phenoxy) is 1. The van der Waals surface area contributed by atoms with E-state index in [1.165, 1.54) is 7.11 Å². The molecular weight excluding hydrogens is 250 g/mol. The zero-order valence-electron chi connectivity index (χ0n) is 9.57. The molecule has 1 rings (SSSR count). The number of hydrogen-bond acceptors (Lipinski definition) is 3. The summed E-state index contributed by atoms with van der Waals surface area (Å²) < 4.78 is 29.6. The fourth-order valence-electron chi connectivity index (χ4n) is 1.44. The zero-order valence-corrected chi connectivity index (χ0v) is 10.3. The van der Waals surface area contributed by atoms with E-state index in [9.17, 15) is 8.78 Å². The molecule has 0 fully saturated rings. The van der Waals surface area contributed by atoms with Gasteiger partial charge in [0.05, 0.1) is 19.3 Å². The van der Waals surface area contributed by atoms with E-state index in [0.717, 1.165) is 0 Å². The average molecular weight is 265 g/mol. The van der Waals surface area contributed by atoms with Crippen LogP contribution in [-0.2, 0) is 6.54 Å². The van der Waals surface area contributed by atoms with Crippen molar-refractivity contribution in [2.45, 2.75) is 13.0 Å². The van der Waals surface area contributed by atoms with E-state index >= 15 is 0 Å². The van der Waals surface area contributed by atoms with Crippen LogP contribution in [0.4, 0.5) is 8.78 Å². The molecule has 96 valence electrons. The fourth-order valence-corrected chi connectivity index (χ4v) is 1.68. The van der Waals surface area contributed by atoms with Gasteiger partial charge in [0.25, 0.3) is 6.43 Å². The molecule has 0 bridgehead atoms. The van der Waals surface area contributed by atoms with Crippen molar-refractivity contribution in [2.75, 3.05) is 26.1 Å². The Morgan fingerprint density at radius 2 is 2.24 bits per heavy atom. The third-order valence-corrected chi connectivity index (χ3v) is 2.34. The molecule has 0 atom stereocenters. The van der Waals surface area contributed by atoms with Gasteiger partial charge >= 0.3 is 0 Å². The zero-order chi connectivity index (χ0) is 12.7. The van der Waals surface area contributed by atoms with Gasteiger partial charge in [-0.2, -0.15) is 0 Å². The van der Waals surface area contributed by atoms with Gasteiger partial charge in [0.2, 0.25) is 5.88 Å². The molecule has 1 aromatic rings. The highest BCUT2D eigenvalue weighted by molar-refractivity contribution is 6.18. The summed E-state index contributed by atoms with van der Waals surface area (Å²) in [5.74, 6) is 0.793. The van der Waals surface area contributed by atoms with E-state index in [0.29, 0.717) is 30.5 Å². The maximum Gasteiger partial charge on any atom is 0.251 e. The smallest absolute Gasteiger partial charge is 0.251 e. The van der Waals surface area contributed by atoms with Gasteiger partial charge in [0.15, 0.2) is 0 Å². The lowest BCUT2D eigenvalue weighted by Gasteiger charge is -2.20. The third-order valence-electron chi connectivity index (χ3n) is 2.17. The Bertz CT molecular complexity index is 339. The molecule has 0 aliphatic heterocycles. The molecule has 0 saturated carbocycles. The molecule has 0 N–H and O–H groups in total. The van der Waals surface area contributed by atoms with Gasteiger partial charge in [-0.1, -0.05) is 6.07 Å². The molecule has 3 nitrogen and oxygen atoms in total. The number of alkyl halides is 3. The van der Waals surface area contributed by atoms with Crippen LogP contribution in [-0.4, -0.2) is 42.4 Å². The van der Waals surface area contributed by atoms with Crippen LogP contribution in [0, 0.1) is 0 Å². The van der Waals surface area contributed by atoms with Gasteiger partial charge in [0.1, 0.15) is 0 Å².